The van der Waals surface area contributed by atoms with Gasteiger partial charge in [-0.2, -0.15) is 0 Å². The van der Waals surface area contributed by atoms with Gasteiger partial charge in [0.15, 0.2) is 0 Å². The molecule has 106 valence electrons. The van der Waals surface area contributed by atoms with Gasteiger partial charge in [0.25, 0.3) is 0 Å². The van der Waals surface area contributed by atoms with Crippen molar-refractivity contribution in [1.29, 1.82) is 0 Å². The second kappa shape index (κ2) is 7.97. The van der Waals surface area contributed by atoms with Gasteiger partial charge in [-0.25, -0.2) is 0 Å². The minimum Gasteiger partial charge on any atom is -0.338 e. The molecule has 0 aromatic carbocycles. The van der Waals surface area contributed by atoms with Gasteiger partial charge >= 0.3 is 0 Å². The fraction of sp³-hybridized carbons (Fsp3) is 0.923. The Labute approximate surface area is 116 Å². The number of likely N-dealkylation sites (N-methyl/N-ethyl adjacent to an activating group) is 1. The second-order valence-corrected chi connectivity index (χ2v) is 5.74. The molecule has 1 rings (SSSR count). The van der Waals surface area contributed by atoms with Crippen molar-refractivity contribution in [2.75, 3.05) is 53.2 Å². The van der Waals surface area contributed by atoms with E-state index in [0.717, 1.165) is 39.0 Å². The third-order valence-electron chi connectivity index (χ3n) is 3.55. The summed E-state index contributed by atoms with van der Waals surface area (Å²) in [6.07, 6.45) is 2.62. The van der Waals surface area contributed by atoms with Crippen LogP contribution in [0.4, 0.5) is 0 Å². The van der Waals surface area contributed by atoms with Crippen LogP contribution in [0, 0.1) is 0 Å². The lowest BCUT2D eigenvalue weighted by Gasteiger charge is -2.38. The normalized spacial score (nSPS) is 18.3. The van der Waals surface area contributed by atoms with Crippen LogP contribution in [-0.2, 0) is 4.79 Å². The Morgan fingerprint density at radius 1 is 1.28 bits per heavy atom. The van der Waals surface area contributed by atoms with E-state index in [2.05, 4.69) is 21.7 Å². The molecule has 1 aliphatic rings. The van der Waals surface area contributed by atoms with E-state index < -0.39 is 0 Å². The van der Waals surface area contributed by atoms with Crippen molar-refractivity contribution in [3.05, 3.63) is 0 Å². The molecule has 18 heavy (non-hydrogen) atoms. The molecule has 1 heterocycles. The van der Waals surface area contributed by atoms with Gasteiger partial charge in [-0.3, -0.25) is 4.79 Å². The lowest BCUT2D eigenvalue weighted by atomic mass is 10.0. The first kappa shape index (κ1) is 15.7. The molecule has 0 bridgehead atoms. The zero-order valence-corrected chi connectivity index (χ0v) is 12.6. The maximum atomic E-state index is 12.1. The largest absolute Gasteiger partial charge is 0.338 e. The molecule has 0 radical (unpaired) electrons. The summed E-state index contributed by atoms with van der Waals surface area (Å²) in [5, 5.41) is 0. The van der Waals surface area contributed by atoms with Crippen molar-refractivity contribution in [3.63, 3.8) is 0 Å². The molecule has 4 nitrogen and oxygen atoms in total. The average Bonchev–Trinajstić information content (AvgIpc) is 2.31. The number of rotatable bonds is 6. The topological polar surface area (TPSA) is 26.8 Å². The van der Waals surface area contributed by atoms with Crippen LogP contribution in [0.1, 0.15) is 19.3 Å². The van der Waals surface area contributed by atoms with Gasteiger partial charge in [0, 0.05) is 31.4 Å². The summed E-state index contributed by atoms with van der Waals surface area (Å²) in [6.45, 7) is 3.89. The highest BCUT2D eigenvalue weighted by Gasteiger charge is 2.26. The number of alkyl halides is 1. The molecule has 0 aromatic rings. The highest BCUT2D eigenvalue weighted by molar-refractivity contribution is 6.18. The predicted molar refractivity (Wildman–Crippen MR) is 76.1 cm³/mol. The summed E-state index contributed by atoms with van der Waals surface area (Å²) in [5.74, 6) is 0.630. The van der Waals surface area contributed by atoms with Gasteiger partial charge in [-0.15, -0.1) is 11.6 Å². The maximum Gasteiger partial charge on any atom is 0.224 e. The van der Waals surface area contributed by atoms with Gasteiger partial charge < -0.3 is 14.7 Å². The summed E-state index contributed by atoms with van der Waals surface area (Å²) >= 11 is 5.70. The van der Waals surface area contributed by atoms with E-state index in [4.69, 9.17) is 11.6 Å². The lowest BCUT2D eigenvalue weighted by Crippen LogP contribution is -2.48. The highest BCUT2D eigenvalue weighted by atomic mass is 35.5. The fourth-order valence-corrected chi connectivity index (χ4v) is 2.51. The number of piperidine rings is 1. The zero-order chi connectivity index (χ0) is 13.5. The summed E-state index contributed by atoms with van der Waals surface area (Å²) in [5.41, 5.74) is 0. The van der Waals surface area contributed by atoms with Crippen LogP contribution in [0.15, 0.2) is 0 Å². The van der Waals surface area contributed by atoms with E-state index in [1.165, 1.54) is 0 Å². The summed E-state index contributed by atoms with van der Waals surface area (Å²) in [6, 6.07) is 0.400. The standard InChI is InChI=1S/C13H26ClN3O/c1-15(2)10-11-17(13(18)4-7-14)12-5-8-16(3)9-6-12/h12H,4-11H2,1-3H3. The number of carbonyl (C=O) groups excluding carboxylic acids is 1. The molecular formula is C13H26ClN3O. The van der Waals surface area contributed by atoms with Gasteiger partial charge in [0.2, 0.25) is 5.91 Å². The Bertz CT molecular complexity index is 253. The zero-order valence-electron chi connectivity index (χ0n) is 11.9. The molecule has 1 aliphatic heterocycles. The maximum absolute atomic E-state index is 12.1. The minimum absolute atomic E-state index is 0.210. The van der Waals surface area contributed by atoms with Crippen LogP contribution in [0.2, 0.25) is 0 Å². The van der Waals surface area contributed by atoms with E-state index in [-0.39, 0.29) is 5.91 Å². The van der Waals surface area contributed by atoms with Crippen molar-refractivity contribution in [3.8, 4) is 0 Å². The van der Waals surface area contributed by atoms with Crippen LogP contribution < -0.4 is 0 Å². The molecule has 1 fully saturated rings. The number of halogens is 1. The molecule has 0 saturated carbocycles. The van der Waals surface area contributed by atoms with Crippen molar-refractivity contribution in [1.82, 2.24) is 14.7 Å². The summed E-state index contributed by atoms with van der Waals surface area (Å²) in [7, 11) is 6.22. The first-order valence-corrected chi connectivity index (χ1v) is 7.26. The Hall–Kier alpha value is -0.320. The quantitative estimate of drug-likeness (QED) is 0.680. The molecule has 1 amide bonds. The molecule has 0 atom stereocenters. The number of likely N-dealkylation sites (tertiary alicyclic amines) is 1. The summed E-state index contributed by atoms with van der Waals surface area (Å²) < 4.78 is 0. The van der Waals surface area contributed by atoms with Crippen LogP contribution in [0.5, 0.6) is 0 Å². The number of hydrogen-bond donors (Lipinski definition) is 0. The number of hydrogen-bond acceptors (Lipinski definition) is 3. The van der Waals surface area contributed by atoms with Crippen LogP contribution in [0.3, 0.4) is 0 Å². The summed E-state index contributed by atoms with van der Waals surface area (Å²) in [4.78, 5) is 18.6. The predicted octanol–water partition coefficient (Wildman–Crippen LogP) is 1.10. The Balaban J connectivity index is 2.55. The smallest absolute Gasteiger partial charge is 0.224 e. The van der Waals surface area contributed by atoms with Crippen molar-refractivity contribution >= 4 is 17.5 Å². The average molecular weight is 276 g/mol. The Morgan fingerprint density at radius 3 is 2.39 bits per heavy atom. The Morgan fingerprint density at radius 2 is 1.89 bits per heavy atom. The molecule has 5 heteroatoms. The van der Waals surface area contributed by atoms with E-state index in [1.807, 2.05) is 14.1 Å². The molecular weight excluding hydrogens is 250 g/mol. The van der Waals surface area contributed by atoms with Crippen LogP contribution >= 0.6 is 11.6 Å². The lowest BCUT2D eigenvalue weighted by molar-refractivity contribution is -0.134. The van der Waals surface area contributed by atoms with Gasteiger partial charge in [0.05, 0.1) is 0 Å². The number of carbonyl (C=O) groups is 1. The fourth-order valence-electron chi connectivity index (χ4n) is 2.35. The Kier molecular flexibility index (Phi) is 6.97. The molecule has 0 spiro atoms. The number of nitrogens with zero attached hydrogens (tertiary/aromatic N) is 3. The molecule has 0 aromatic heterocycles. The third-order valence-corrected chi connectivity index (χ3v) is 3.73. The molecule has 0 aliphatic carbocycles. The van der Waals surface area contributed by atoms with Crippen LogP contribution in [-0.4, -0.2) is 79.9 Å². The van der Waals surface area contributed by atoms with Gasteiger partial charge in [-0.1, -0.05) is 0 Å². The van der Waals surface area contributed by atoms with E-state index in [9.17, 15) is 4.79 Å². The molecule has 0 unspecified atom stereocenters. The van der Waals surface area contributed by atoms with Crippen molar-refractivity contribution in [2.24, 2.45) is 0 Å². The first-order chi connectivity index (χ1) is 8.54. The van der Waals surface area contributed by atoms with E-state index in [0.29, 0.717) is 18.3 Å². The van der Waals surface area contributed by atoms with Gasteiger partial charge in [-0.05, 0) is 47.1 Å². The third kappa shape index (κ3) is 5.12. The monoisotopic (exact) mass is 275 g/mol. The minimum atomic E-state index is 0.210. The first-order valence-electron chi connectivity index (χ1n) is 6.73. The molecule has 1 saturated heterocycles. The SMILES string of the molecule is CN(C)CCN(C(=O)CCCl)C1CCN(C)CC1. The van der Waals surface area contributed by atoms with E-state index >= 15 is 0 Å². The highest BCUT2D eigenvalue weighted by Crippen LogP contribution is 2.16. The molecule has 0 N–H and O–H groups in total. The van der Waals surface area contributed by atoms with Crippen molar-refractivity contribution < 1.29 is 4.79 Å². The van der Waals surface area contributed by atoms with Gasteiger partial charge in [0.1, 0.15) is 0 Å². The van der Waals surface area contributed by atoms with Crippen LogP contribution in [0.25, 0.3) is 0 Å². The number of amides is 1. The second-order valence-electron chi connectivity index (χ2n) is 5.36. The van der Waals surface area contributed by atoms with Crippen molar-refractivity contribution in [2.45, 2.75) is 25.3 Å². The van der Waals surface area contributed by atoms with E-state index in [1.54, 1.807) is 0 Å².